The number of aromatic nitrogens is 1. The third kappa shape index (κ3) is 4.69. The highest BCUT2D eigenvalue weighted by atomic mass is 32.1. The van der Waals surface area contributed by atoms with E-state index in [2.05, 4.69) is 4.98 Å². The zero-order valence-electron chi connectivity index (χ0n) is 21.6. The smallest absolute Gasteiger partial charge is 0.350 e. The summed E-state index contributed by atoms with van der Waals surface area (Å²) in [6.07, 6.45) is 0. The van der Waals surface area contributed by atoms with Crippen molar-refractivity contribution in [2.75, 3.05) is 31.3 Å². The van der Waals surface area contributed by atoms with Gasteiger partial charge in [-0.3, -0.25) is 14.5 Å². The number of fused-ring (bicyclic) bond motifs is 1. The highest BCUT2D eigenvalue weighted by Gasteiger charge is 2.49. The molecule has 0 aliphatic carbocycles. The molecule has 1 amide bonds. The maximum absolute atomic E-state index is 13.6. The second kappa shape index (κ2) is 10.8. The topological polar surface area (TPSA) is 124 Å². The average molecular weight is 551 g/mol. The maximum atomic E-state index is 13.6. The van der Waals surface area contributed by atoms with Gasteiger partial charge in [-0.25, -0.2) is 9.78 Å². The molecule has 39 heavy (non-hydrogen) atoms. The summed E-state index contributed by atoms with van der Waals surface area (Å²) in [6.45, 7) is 6.39. The van der Waals surface area contributed by atoms with Crippen LogP contribution in [-0.4, -0.2) is 54.2 Å². The number of aliphatic hydroxyl groups is 1. The Hall–Kier alpha value is -4.38. The van der Waals surface area contributed by atoms with Crippen LogP contribution in [0, 0.1) is 6.92 Å². The van der Waals surface area contributed by atoms with Gasteiger partial charge in [0.2, 0.25) is 0 Å². The number of thiazole rings is 1. The van der Waals surface area contributed by atoms with Crippen molar-refractivity contribution < 1.29 is 38.4 Å². The summed E-state index contributed by atoms with van der Waals surface area (Å²) in [5, 5.41) is 11.6. The lowest BCUT2D eigenvalue weighted by atomic mass is 9.94. The molecule has 1 unspecified atom stereocenters. The summed E-state index contributed by atoms with van der Waals surface area (Å²) in [7, 11) is 0. The minimum absolute atomic E-state index is 0.121. The number of ketones is 1. The number of hydrogen-bond donors (Lipinski definition) is 1. The number of benzene rings is 2. The molecule has 1 atom stereocenters. The molecular formula is C28H26N2O8S. The van der Waals surface area contributed by atoms with Crippen molar-refractivity contribution in [2.45, 2.75) is 26.8 Å². The largest absolute Gasteiger partial charge is 0.507 e. The van der Waals surface area contributed by atoms with Crippen LogP contribution in [-0.2, 0) is 14.3 Å². The fraction of sp³-hybridized carbons (Fsp3) is 0.286. The lowest BCUT2D eigenvalue weighted by Crippen LogP contribution is -2.29. The minimum Gasteiger partial charge on any atom is -0.507 e. The molecule has 3 aromatic rings. The second-order valence-electron chi connectivity index (χ2n) is 8.63. The summed E-state index contributed by atoms with van der Waals surface area (Å²) in [5.41, 5.74) is 0.968. The number of ether oxygens (including phenoxy) is 4. The van der Waals surface area contributed by atoms with Crippen molar-refractivity contribution in [2.24, 2.45) is 0 Å². The summed E-state index contributed by atoms with van der Waals surface area (Å²) in [4.78, 5) is 45.5. The fourth-order valence-corrected chi connectivity index (χ4v) is 5.52. The van der Waals surface area contributed by atoms with Crippen LogP contribution in [0.25, 0.3) is 5.76 Å². The van der Waals surface area contributed by atoms with E-state index in [1.165, 1.54) is 4.90 Å². The molecule has 3 heterocycles. The van der Waals surface area contributed by atoms with Crippen LogP contribution in [0.2, 0.25) is 0 Å². The molecule has 11 heteroatoms. The van der Waals surface area contributed by atoms with Gasteiger partial charge in [0.25, 0.3) is 5.78 Å². The number of amides is 1. The van der Waals surface area contributed by atoms with Gasteiger partial charge in [0, 0.05) is 11.1 Å². The van der Waals surface area contributed by atoms with Crippen LogP contribution in [0.5, 0.6) is 17.2 Å². The molecule has 1 fully saturated rings. The number of anilines is 1. The van der Waals surface area contributed by atoms with Crippen molar-refractivity contribution in [3.8, 4) is 17.2 Å². The average Bonchev–Trinajstić information content (AvgIpc) is 3.45. The lowest BCUT2D eigenvalue weighted by Gasteiger charge is -2.25. The molecule has 5 rings (SSSR count). The second-order valence-corrected chi connectivity index (χ2v) is 9.61. The van der Waals surface area contributed by atoms with E-state index in [0.717, 1.165) is 11.3 Å². The Morgan fingerprint density at radius 3 is 2.59 bits per heavy atom. The minimum atomic E-state index is -1.08. The van der Waals surface area contributed by atoms with E-state index >= 15 is 0 Å². The SMILES string of the molecule is CCOC(=O)c1sc(N2C(=O)C(=O)C(=C(O)c3ccc4c(c3)OCCO4)C2c2ccccc2OCC)nc1C. The third-order valence-electron chi connectivity index (χ3n) is 6.23. The number of hydrogen-bond acceptors (Lipinski definition) is 10. The first-order valence-electron chi connectivity index (χ1n) is 12.4. The molecule has 10 nitrogen and oxygen atoms in total. The molecule has 1 aromatic heterocycles. The van der Waals surface area contributed by atoms with Crippen molar-refractivity contribution in [1.82, 2.24) is 4.98 Å². The molecule has 0 radical (unpaired) electrons. The van der Waals surface area contributed by atoms with Crippen molar-refractivity contribution in [3.05, 3.63) is 69.7 Å². The number of aryl methyl sites for hydroxylation is 1. The van der Waals surface area contributed by atoms with Gasteiger partial charge in [0.05, 0.1) is 24.5 Å². The monoisotopic (exact) mass is 550 g/mol. The molecule has 1 saturated heterocycles. The van der Waals surface area contributed by atoms with Crippen LogP contribution in [0.3, 0.4) is 0 Å². The molecule has 202 valence electrons. The standard InChI is InChI=1S/C28H26N2O8S/c1-4-35-18-9-7-6-8-17(18)22-21(23(31)16-10-11-19-20(14-16)38-13-12-37-19)24(32)26(33)30(22)28-29-15(3)25(39-28)27(34)36-5-2/h6-11,14,22,31H,4-5,12-13H2,1-3H3. The molecular weight excluding hydrogens is 524 g/mol. The van der Waals surface area contributed by atoms with Crippen LogP contribution in [0.1, 0.15) is 46.4 Å². The Balaban J connectivity index is 1.70. The number of aliphatic hydroxyl groups excluding tert-OH is 1. The van der Waals surface area contributed by atoms with E-state index in [9.17, 15) is 19.5 Å². The zero-order chi connectivity index (χ0) is 27.7. The van der Waals surface area contributed by atoms with Crippen LogP contribution >= 0.6 is 11.3 Å². The van der Waals surface area contributed by atoms with Gasteiger partial charge >= 0.3 is 11.9 Å². The van der Waals surface area contributed by atoms with Crippen molar-refractivity contribution in [3.63, 3.8) is 0 Å². The van der Waals surface area contributed by atoms with E-state index in [4.69, 9.17) is 18.9 Å². The Bertz CT molecular complexity index is 1490. The normalized spacial score (nSPS) is 17.8. The van der Waals surface area contributed by atoms with Gasteiger partial charge in [-0.1, -0.05) is 29.5 Å². The Morgan fingerprint density at radius 1 is 1.10 bits per heavy atom. The van der Waals surface area contributed by atoms with Crippen molar-refractivity contribution in [1.29, 1.82) is 0 Å². The lowest BCUT2D eigenvalue weighted by molar-refractivity contribution is -0.132. The van der Waals surface area contributed by atoms with Gasteiger partial charge in [0.1, 0.15) is 35.6 Å². The molecule has 0 saturated carbocycles. The summed E-state index contributed by atoms with van der Waals surface area (Å²) in [6, 6.07) is 10.7. The molecule has 0 spiro atoms. The number of Topliss-reactive ketones (excluding diaryl/α,β-unsaturated/α-hetero) is 1. The molecule has 2 aliphatic heterocycles. The number of carbonyl (C=O) groups is 3. The predicted molar refractivity (Wildman–Crippen MR) is 143 cm³/mol. The fourth-order valence-electron chi connectivity index (χ4n) is 4.53. The van der Waals surface area contributed by atoms with Gasteiger partial charge in [0.15, 0.2) is 16.6 Å². The Kier molecular flexibility index (Phi) is 7.25. The number of esters is 1. The highest BCUT2D eigenvalue weighted by molar-refractivity contribution is 7.17. The van der Waals surface area contributed by atoms with Gasteiger partial charge in [-0.15, -0.1) is 0 Å². The first-order valence-corrected chi connectivity index (χ1v) is 13.2. The quantitative estimate of drug-likeness (QED) is 0.197. The van der Waals surface area contributed by atoms with E-state index < -0.39 is 23.7 Å². The summed E-state index contributed by atoms with van der Waals surface area (Å²) >= 11 is 0.942. The number of para-hydroxylation sites is 1. The van der Waals surface area contributed by atoms with Crippen LogP contribution in [0.4, 0.5) is 5.13 Å². The Labute approximate surface area is 228 Å². The highest BCUT2D eigenvalue weighted by Crippen LogP contribution is 2.46. The maximum Gasteiger partial charge on any atom is 0.350 e. The number of nitrogens with zero attached hydrogens (tertiary/aromatic N) is 2. The Morgan fingerprint density at radius 2 is 1.85 bits per heavy atom. The zero-order valence-corrected chi connectivity index (χ0v) is 22.4. The first kappa shape index (κ1) is 26.2. The molecule has 2 aliphatic rings. The molecule has 0 bridgehead atoms. The van der Waals surface area contributed by atoms with Crippen LogP contribution in [0.15, 0.2) is 48.0 Å². The molecule has 1 N–H and O–H groups in total. The van der Waals surface area contributed by atoms with E-state index in [0.29, 0.717) is 48.3 Å². The van der Waals surface area contributed by atoms with Gasteiger partial charge in [-0.2, -0.15) is 0 Å². The van der Waals surface area contributed by atoms with Gasteiger partial charge < -0.3 is 24.1 Å². The van der Waals surface area contributed by atoms with E-state index in [1.54, 1.807) is 56.3 Å². The van der Waals surface area contributed by atoms with Crippen LogP contribution < -0.4 is 19.1 Å². The number of carbonyl (C=O) groups excluding carboxylic acids is 3. The predicted octanol–water partition coefficient (Wildman–Crippen LogP) is 4.42. The first-order chi connectivity index (χ1) is 18.8. The number of rotatable bonds is 7. The van der Waals surface area contributed by atoms with Gasteiger partial charge in [-0.05, 0) is 45.0 Å². The van der Waals surface area contributed by atoms with Crippen molar-refractivity contribution >= 4 is 39.9 Å². The summed E-state index contributed by atoms with van der Waals surface area (Å²) < 4.78 is 22.2. The third-order valence-corrected chi connectivity index (χ3v) is 7.36. The summed E-state index contributed by atoms with van der Waals surface area (Å²) in [5.74, 6) is -1.38. The van der Waals surface area contributed by atoms with E-state index in [-0.39, 0.29) is 33.5 Å². The van der Waals surface area contributed by atoms with E-state index in [1.807, 2.05) is 6.92 Å². The molecule has 2 aromatic carbocycles.